The molecule has 0 bridgehead atoms. The fourth-order valence-electron chi connectivity index (χ4n) is 2.33. The van der Waals surface area contributed by atoms with E-state index < -0.39 is 0 Å². The summed E-state index contributed by atoms with van der Waals surface area (Å²) in [6, 6.07) is 10.4. The molecule has 0 saturated heterocycles. The van der Waals surface area contributed by atoms with Gasteiger partial charge in [-0.05, 0) is 35.6 Å². The number of methoxy groups -OCH3 is 1. The van der Waals surface area contributed by atoms with Gasteiger partial charge in [0.15, 0.2) is 0 Å². The van der Waals surface area contributed by atoms with Crippen molar-refractivity contribution in [2.75, 3.05) is 12.4 Å². The van der Waals surface area contributed by atoms with E-state index in [0.717, 1.165) is 28.2 Å². The smallest absolute Gasteiger partial charge is 0.138 e. The summed E-state index contributed by atoms with van der Waals surface area (Å²) >= 11 is 1.63. The lowest BCUT2D eigenvalue weighted by molar-refractivity contribution is 0.414. The maximum atomic E-state index is 5.21. The highest BCUT2D eigenvalue weighted by molar-refractivity contribution is 7.16. The number of nitrogens with zero attached hydrogens (tertiary/aromatic N) is 2. The van der Waals surface area contributed by atoms with Gasteiger partial charge in [0.2, 0.25) is 0 Å². The first-order valence-corrected chi connectivity index (χ1v) is 7.78. The summed E-state index contributed by atoms with van der Waals surface area (Å²) in [5.74, 6) is 1.76. The second kappa shape index (κ2) is 6.10. The fraction of sp³-hybridized carbons (Fsp3) is 0.250. The Bertz CT molecular complexity index is 724. The number of benzene rings is 1. The summed E-state index contributed by atoms with van der Waals surface area (Å²) in [5.41, 5.74) is 1.22. The molecule has 0 aliphatic carbocycles. The average molecular weight is 299 g/mol. The third kappa shape index (κ3) is 2.83. The first-order valence-electron chi connectivity index (χ1n) is 6.90. The van der Waals surface area contributed by atoms with Gasteiger partial charge in [-0.2, -0.15) is 0 Å². The Hall–Kier alpha value is -2.14. The minimum absolute atomic E-state index is 0.217. The number of anilines is 1. The molecule has 108 valence electrons. The third-order valence-corrected chi connectivity index (χ3v) is 4.32. The molecule has 0 aliphatic heterocycles. The second-order valence-electron chi connectivity index (χ2n) is 4.74. The van der Waals surface area contributed by atoms with Gasteiger partial charge >= 0.3 is 0 Å². The number of nitrogens with one attached hydrogen (secondary N) is 1. The predicted octanol–water partition coefficient (Wildman–Crippen LogP) is 4.26. The summed E-state index contributed by atoms with van der Waals surface area (Å²) in [7, 11) is 1.68. The number of rotatable bonds is 5. The summed E-state index contributed by atoms with van der Waals surface area (Å²) < 4.78 is 5.21. The monoisotopic (exact) mass is 299 g/mol. The standard InChI is InChI=1S/C16H17N3OS/c1-3-14(11-4-6-12(20-2)7-5-11)19-15-13-8-9-21-16(13)18-10-17-15/h4-10,14H,3H2,1-2H3,(H,17,18,19)/t14-/m0/s1. The second-order valence-corrected chi connectivity index (χ2v) is 5.63. The van der Waals surface area contributed by atoms with Crippen LogP contribution in [-0.4, -0.2) is 17.1 Å². The van der Waals surface area contributed by atoms with Crippen LogP contribution >= 0.6 is 11.3 Å². The van der Waals surface area contributed by atoms with Gasteiger partial charge in [0, 0.05) is 0 Å². The van der Waals surface area contributed by atoms with E-state index in [4.69, 9.17) is 4.74 Å². The van der Waals surface area contributed by atoms with Crippen LogP contribution in [0.15, 0.2) is 42.0 Å². The van der Waals surface area contributed by atoms with Crippen LogP contribution in [0.5, 0.6) is 5.75 Å². The number of hydrogen-bond donors (Lipinski definition) is 1. The molecule has 0 amide bonds. The predicted molar refractivity (Wildman–Crippen MR) is 87.1 cm³/mol. The van der Waals surface area contributed by atoms with Crippen molar-refractivity contribution in [3.63, 3.8) is 0 Å². The molecule has 1 aromatic carbocycles. The van der Waals surface area contributed by atoms with Crippen molar-refractivity contribution in [1.29, 1.82) is 0 Å². The number of ether oxygens (including phenoxy) is 1. The van der Waals surface area contributed by atoms with Gasteiger partial charge in [0.25, 0.3) is 0 Å². The van der Waals surface area contributed by atoms with Crippen LogP contribution in [0.1, 0.15) is 24.9 Å². The molecule has 2 heterocycles. The zero-order chi connectivity index (χ0) is 14.7. The van der Waals surface area contributed by atoms with Crippen LogP contribution in [0.2, 0.25) is 0 Å². The summed E-state index contributed by atoms with van der Waals surface area (Å²) in [6.45, 7) is 2.16. The Labute approximate surface area is 127 Å². The molecule has 0 radical (unpaired) electrons. The quantitative estimate of drug-likeness (QED) is 0.764. The highest BCUT2D eigenvalue weighted by Crippen LogP contribution is 2.29. The van der Waals surface area contributed by atoms with Gasteiger partial charge in [0.05, 0.1) is 18.5 Å². The maximum absolute atomic E-state index is 5.21. The molecular formula is C16H17N3OS. The Morgan fingerprint density at radius 2 is 2.00 bits per heavy atom. The first kappa shape index (κ1) is 13.8. The van der Waals surface area contributed by atoms with Crippen LogP contribution in [0, 0.1) is 0 Å². The Balaban J connectivity index is 1.88. The molecule has 2 aromatic heterocycles. The van der Waals surface area contributed by atoms with E-state index in [1.54, 1.807) is 24.8 Å². The van der Waals surface area contributed by atoms with Crippen molar-refractivity contribution < 1.29 is 4.74 Å². The van der Waals surface area contributed by atoms with Crippen LogP contribution in [0.3, 0.4) is 0 Å². The minimum Gasteiger partial charge on any atom is -0.497 e. The van der Waals surface area contributed by atoms with Gasteiger partial charge in [-0.25, -0.2) is 9.97 Å². The molecule has 5 heteroatoms. The largest absolute Gasteiger partial charge is 0.497 e. The van der Waals surface area contributed by atoms with Crippen molar-refractivity contribution in [2.45, 2.75) is 19.4 Å². The molecule has 0 aliphatic rings. The van der Waals surface area contributed by atoms with Crippen LogP contribution in [-0.2, 0) is 0 Å². The highest BCUT2D eigenvalue weighted by atomic mass is 32.1. The summed E-state index contributed by atoms with van der Waals surface area (Å²) in [5, 5.41) is 6.65. The van der Waals surface area contributed by atoms with Crippen LogP contribution in [0.4, 0.5) is 5.82 Å². The number of hydrogen-bond acceptors (Lipinski definition) is 5. The Morgan fingerprint density at radius 3 is 2.71 bits per heavy atom. The van der Waals surface area contributed by atoms with Crippen molar-refractivity contribution in [1.82, 2.24) is 9.97 Å². The van der Waals surface area contributed by atoms with Crippen molar-refractivity contribution in [3.05, 3.63) is 47.6 Å². The van der Waals surface area contributed by atoms with Crippen LogP contribution in [0.25, 0.3) is 10.2 Å². The zero-order valence-electron chi connectivity index (χ0n) is 12.0. The number of thiophene rings is 1. The van der Waals surface area contributed by atoms with E-state index in [9.17, 15) is 0 Å². The normalized spacial score (nSPS) is 12.3. The van der Waals surface area contributed by atoms with E-state index in [-0.39, 0.29) is 6.04 Å². The minimum atomic E-state index is 0.217. The first-order chi connectivity index (χ1) is 10.3. The Kier molecular flexibility index (Phi) is 4.01. The van der Waals surface area contributed by atoms with E-state index >= 15 is 0 Å². The molecule has 4 nitrogen and oxygen atoms in total. The van der Waals surface area contributed by atoms with Gasteiger partial charge in [-0.3, -0.25) is 0 Å². The number of aromatic nitrogens is 2. The van der Waals surface area contributed by atoms with E-state index in [0.29, 0.717) is 0 Å². The molecular weight excluding hydrogens is 282 g/mol. The van der Waals surface area contributed by atoms with Crippen molar-refractivity contribution in [2.24, 2.45) is 0 Å². The third-order valence-electron chi connectivity index (χ3n) is 3.50. The van der Waals surface area contributed by atoms with Gasteiger partial charge in [-0.1, -0.05) is 19.1 Å². The Morgan fingerprint density at radius 1 is 1.19 bits per heavy atom. The fourth-order valence-corrected chi connectivity index (χ4v) is 3.06. The lowest BCUT2D eigenvalue weighted by atomic mass is 10.0. The molecule has 3 rings (SSSR count). The lowest BCUT2D eigenvalue weighted by Gasteiger charge is -2.18. The molecule has 0 saturated carbocycles. The van der Waals surface area contributed by atoms with E-state index in [1.807, 2.05) is 17.5 Å². The van der Waals surface area contributed by atoms with Gasteiger partial charge < -0.3 is 10.1 Å². The van der Waals surface area contributed by atoms with Gasteiger partial charge in [-0.15, -0.1) is 11.3 Å². The van der Waals surface area contributed by atoms with E-state index in [2.05, 4.69) is 40.4 Å². The average Bonchev–Trinajstić information content (AvgIpc) is 3.02. The van der Waals surface area contributed by atoms with Crippen LogP contribution < -0.4 is 10.1 Å². The molecule has 21 heavy (non-hydrogen) atoms. The van der Waals surface area contributed by atoms with E-state index in [1.165, 1.54) is 5.56 Å². The van der Waals surface area contributed by atoms with Gasteiger partial charge in [0.1, 0.15) is 22.7 Å². The molecule has 0 spiro atoms. The topological polar surface area (TPSA) is 47.0 Å². The molecule has 1 N–H and O–H groups in total. The molecule has 3 aromatic rings. The lowest BCUT2D eigenvalue weighted by Crippen LogP contribution is -2.11. The number of fused-ring (bicyclic) bond motifs is 1. The summed E-state index contributed by atoms with van der Waals surface area (Å²) in [4.78, 5) is 9.68. The maximum Gasteiger partial charge on any atom is 0.138 e. The SMILES string of the molecule is CC[C@H](Nc1ncnc2sccc12)c1ccc(OC)cc1. The highest BCUT2D eigenvalue weighted by Gasteiger charge is 2.12. The molecule has 1 atom stereocenters. The molecule has 0 fully saturated rings. The summed E-state index contributed by atoms with van der Waals surface area (Å²) in [6.07, 6.45) is 2.59. The molecule has 0 unspecified atom stereocenters. The zero-order valence-corrected chi connectivity index (χ0v) is 12.9. The van der Waals surface area contributed by atoms with Crippen molar-refractivity contribution in [3.8, 4) is 5.75 Å². The van der Waals surface area contributed by atoms with Crippen molar-refractivity contribution >= 4 is 27.4 Å².